The number of carbonyl (C=O) groups excluding carboxylic acids is 3. The Balaban J connectivity index is 1.71. The standard InChI is InChI=1S/C25H28N2O5/c1-31-16-15-27-23(29)20-8-4-3-7-19(20)21(25(27)13-5-6-14-25)22(28)26-18-11-9-17(10-12-18)24(30)32-2/h3-4,7-12,21H,5-6,13-16H2,1-2H3,(H,26,28)/t21-/m1/s1. The average molecular weight is 437 g/mol. The van der Waals surface area contributed by atoms with Crippen LogP contribution < -0.4 is 5.32 Å². The highest BCUT2D eigenvalue weighted by Gasteiger charge is 2.55. The Morgan fingerprint density at radius 1 is 1.06 bits per heavy atom. The van der Waals surface area contributed by atoms with Gasteiger partial charge in [0, 0.05) is 24.9 Å². The smallest absolute Gasteiger partial charge is 0.337 e. The highest BCUT2D eigenvalue weighted by atomic mass is 16.5. The van der Waals surface area contributed by atoms with E-state index in [1.165, 1.54) is 7.11 Å². The van der Waals surface area contributed by atoms with E-state index in [0.29, 0.717) is 30.0 Å². The number of benzene rings is 2. The van der Waals surface area contributed by atoms with Crippen molar-refractivity contribution in [3.63, 3.8) is 0 Å². The average Bonchev–Trinajstić information content (AvgIpc) is 3.29. The van der Waals surface area contributed by atoms with E-state index in [2.05, 4.69) is 5.32 Å². The van der Waals surface area contributed by atoms with Gasteiger partial charge in [0.25, 0.3) is 5.91 Å². The lowest BCUT2D eigenvalue weighted by molar-refractivity contribution is -0.121. The van der Waals surface area contributed by atoms with E-state index in [1.807, 2.05) is 23.1 Å². The molecule has 0 aromatic heterocycles. The lowest BCUT2D eigenvalue weighted by Crippen LogP contribution is -2.60. The fraction of sp³-hybridized carbons (Fsp3) is 0.400. The SMILES string of the molecule is COCCN1C(=O)c2ccccc2[C@H](C(=O)Nc2ccc(C(=O)OC)cc2)C12CCCC2. The maximum Gasteiger partial charge on any atom is 0.337 e. The number of amides is 2. The summed E-state index contributed by atoms with van der Waals surface area (Å²) in [6, 6.07) is 14.0. The number of hydrogen-bond acceptors (Lipinski definition) is 5. The van der Waals surface area contributed by atoms with Crippen molar-refractivity contribution in [1.29, 1.82) is 0 Å². The molecule has 0 unspecified atom stereocenters. The molecular formula is C25H28N2O5. The molecule has 0 bridgehead atoms. The topological polar surface area (TPSA) is 84.9 Å². The van der Waals surface area contributed by atoms with Gasteiger partial charge >= 0.3 is 5.97 Å². The third-order valence-electron chi connectivity index (χ3n) is 6.65. The van der Waals surface area contributed by atoms with Crippen molar-refractivity contribution in [1.82, 2.24) is 4.90 Å². The van der Waals surface area contributed by atoms with Gasteiger partial charge in [0.15, 0.2) is 0 Å². The first kappa shape index (κ1) is 22.0. The molecule has 2 aromatic rings. The Hall–Kier alpha value is -3.19. The van der Waals surface area contributed by atoms with Gasteiger partial charge in [-0.3, -0.25) is 9.59 Å². The minimum absolute atomic E-state index is 0.0361. The molecule has 2 aromatic carbocycles. The number of nitrogens with zero attached hydrogens (tertiary/aromatic N) is 1. The summed E-state index contributed by atoms with van der Waals surface area (Å²) in [6.07, 6.45) is 3.49. The molecule has 1 fully saturated rings. The van der Waals surface area contributed by atoms with Crippen LogP contribution in [0.2, 0.25) is 0 Å². The zero-order chi connectivity index (χ0) is 22.7. The number of nitrogens with one attached hydrogen (secondary N) is 1. The van der Waals surface area contributed by atoms with Crippen molar-refractivity contribution in [3.8, 4) is 0 Å². The van der Waals surface area contributed by atoms with E-state index in [9.17, 15) is 14.4 Å². The summed E-state index contributed by atoms with van der Waals surface area (Å²) in [6.45, 7) is 0.861. The van der Waals surface area contributed by atoms with Crippen LogP contribution in [-0.4, -0.2) is 55.6 Å². The van der Waals surface area contributed by atoms with E-state index >= 15 is 0 Å². The predicted octanol–water partition coefficient (Wildman–Crippen LogP) is 3.61. The van der Waals surface area contributed by atoms with Crippen LogP contribution in [0.4, 0.5) is 5.69 Å². The van der Waals surface area contributed by atoms with Crippen molar-refractivity contribution < 1.29 is 23.9 Å². The lowest BCUT2D eigenvalue weighted by atomic mass is 9.71. The maximum absolute atomic E-state index is 13.7. The molecule has 1 heterocycles. The quantitative estimate of drug-likeness (QED) is 0.700. The number of rotatable bonds is 6. The Kier molecular flexibility index (Phi) is 6.28. The number of anilines is 1. The van der Waals surface area contributed by atoms with Crippen LogP contribution in [0.3, 0.4) is 0 Å². The number of hydrogen-bond donors (Lipinski definition) is 1. The van der Waals surface area contributed by atoms with Crippen molar-refractivity contribution in [3.05, 3.63) is 65.2 Å². The summed E-state index contributed by atoms with van der Waals surface area (Å²) in [5, 5.41) is 3.02. The van der Waals surface area contributed by atoms with Crippen molar-refractivity contribution in [2.24, 2.45) is 0 Å². The zero-order valence-electron chi connectivity index (χ0n) is 18.4. The maximum atomic E-state index is 13.7. The zero-order valence-corrected chi connectivity index (χ0v) is 18.4. The molecule has 4 rings (SSSR count). The minimum Gasteiger partial charge on any atom is -0.465 e. The fourth-order valence-electron chi connectivity index (χ4n) is 5.20. The molecule has 1 spiro atoms. The molecule has 1 saturated carbocycles. The molecule has 1 aliphatic heterocycles. The first-order valence-electron chi connectivity index (χ1n) is 10.9. The van der Waals surface area contributed by atoms with Gasteiger partial charge in [0.2, 0.25) is 5.91 Å². The van der Waals surface area contributed by atoms with Crippen LogP contribution in [-0.2, 0) is 14.3 Å². The number of carbonyl (C=O) groups is 3. The summed E-state index contributed by atoms with van der Waals surface area (Å²) in [4.78, 5) is 40.7. The number of fused-ring (bicyclic) bond motifs is 1. The van der Waals surface area contributed by atoms with E-state index in [-0.39, 0.29) is 11.8 Å². The van der Waals surface area contributed by atoms with E-state index < -0.39 is 17.4 Å². The van der Waals surface area contributed by atoms with Crippen LogP contribution in [0, 0.1) is 0 Å². The number of ether oxygens (including phenoxy) is 2. The van der Waals surface area contributed by atoms with Gasteiger partial charge in [-0.25, -0.2) is 4.79 Å². The van der Waals surface area contributed by atoms with Crippen molar-refractivity contribution in [2.75, 3.05) is 32.7 Å². The van der Waals surface area contributed by atoms with E-state index in [4.69, 9.17) is 9.47 Å². The summed E-state index contributed by atoms with van der Waals surface area (Å²) < 4.78 is 10.0. The van der Waals surface area contributed by atoms with Gasteiger partial charge < -0.3 is 19.7 Å². The van der Waals surface area contributed by atoms with E-state index in [0.717, 1.165) is 31.2 Å². The van der Waals surface area contributed by atoms with Crippen LogP contribution >= 0.6 is 0 Å². The molecule has 2 amide bonds. The van der Waals surface area contributed by atoms with Gasteiger partial charge in [-0.15, -0.1) is 0 Å². The normalized spacial score (nSPS) is 19.0. The molecule has 2 aliphatic rings. The molecule has 1 N–H and O–H groups in total. The van der Waals surface area contributed by atoms with Crippen LogP contribution in [0.25, 0.3) is 0 Å². The Morgan fingerprint density at radius 2 is 1.75 bits per heavy atom. The molecule has 168 valence electrons. The summed E-state index contributed by atoms with van der Waals surface area (Å²) >= 11 is 0. The Labute approximate surface area is 187 Å². The number of methoxy groups -OCH3 is 2. The molecule has 7 heteroatoms. The number of esters is 1. The Morgan fingerprint density at radius 3 is 2.41 bits per heavy atom. The predicted molar refractivity (Wildman–Crippen MR) is 120 cm³/mol. The van der Waals surface area contributed by atoms with Crippen LogP contribution in [0.5, 0.6) is 0 Å². The molecular weight excluding hydrogens is 408 g/mol. The van der Waals surface area contributed by atoms with Gasteiger partial charge in [-0.05, 0) is 48.7 Å². The van der Waals surface area contributed by atoms with Gasteiger partial charge in [-0.1, -0.05) is 31.0 Å². The van der Waals surface area contributed by atoms with Gasteiger partial charge in [-0.2, -0.15) is 0 Å². The molecule has 1 aliphatic carbocycles. The minimum atomic E-state index is -0.569. The van der Waals surface area contributed by atoms with E-state index in [1.54, 1.807) is 37.4 Å². The summed E-state index contributed by atoms with van der Waals surface area (Å²) in [5.74, 6) is -1.11. The second kappa shape index (κ2) is 9.12. The van der Waals surface area contributed by atoms with Crippen LogP contribution in [0.1, 0.15) is 57.9 Å². The first-order chi connectivity index (χ1) is 15.5. The van der Waals surface area contributed by atoms with Crippen LogP contribution in [0.15, 0.2) is 48.5 Å². The largest absolute Gasteiger partial charge is 0.465 e. The van der Waals surface area contributed by atoms with Gasteiger partial charge in [0.1, 0.15) is 0 Å². The molecule has 32 heavy (non-hydrogen) atoms. The second-order valence-corrected chi connectivity index (χ2v) is 8.34. The highest BCUT2D eigenvalue weighted by molar-refractivity contribution is 6.05. The van der Waals surface area contributed by atoms with Gasteiger partial charge in [0.05, 0.1) is 30.7 Å². The molecule has 1 atom stereocenters. The monoisotopic (exact) mass is 436 g/mol. The fourth-order valence-corrected chi connectivity index (χ4v) is 5.20. The molecule has 0 saturated heterocycles. The third-order valence-corrected chi connectivity index (χ3v) is 6.65. The third kappa shape index (κ3) is 3.77. The van der Waals surface area contributed by atoms with Crippen molar-refractivity contribution in [2.45, 2.75) is 37.1 Å². The highest BCUT2D eigenvalue weighted by Crippen LogP contribution is 2.50. The second-order valence-electron chi connectivity index (χ2n) is 8.34. The first-order valence-corrected chi connectivity index (χ1v) is 10.9. The molecule has 7 nitrogen and oxygen atoms in total. The van der Waals surface area contributed by atoms with Crippen molar-refractivity contribution >= 4 is 23.5 Å². The molecule has 0 radical (unpaired) electrons. The summed E-state index contributed by atoms with van der Waals surface area (Å²) in [5.41, 5.74) is 1.78. The lowest BCUT2D eigenvalue weighted by Gasteiger charge is -2.50. The summed E-state index contributed by atoms with van der Waals surface area (Å²) in [7, 11) is 2.95. The Bertz CT molecular complexity index is 1010.